The molecule has 0 atom stereocenters. The maximum Gasteiger partial charge on any atom is 0.257 e. The number of pyridine rings is 1. The highest BCUT2D eigenvalue weighted by molar-refractivity contribution is 6.04. The van der Waals surface area contributed by atoms with E-state index in [0.29, 0.717) is 12.4 Å². The van der Waals surface area contributed by atoms with Crippen LogP contribution in [-0.4, -0.2) is 17.4 Å². The van der Waals surface area contributed by atoms with Gasteiger partial charge in [-0.15, -0.1) is 0 Å². The van der Waals surface area contributed by atoms with Crippen molar-refractivity contribution in [2.75, 3.05) is 17.2 Å². The summed E-state index contributed by atoms with van der Waals surface area (Å²) >= 11 is 0. The molecule has 1 amide bonds. The van der Waals surface area contributed by atoms with E-state index in [1.54, 1.807) is 6.07 Å². The quantitative estimate of drug-likeness (QED) is 0.631. The van der Waals surface area contributed by atoms with Gasteiger partial charge in [0.05, 0.1) is 11.3 Å². The Bertz CT molecular complexity index is 931. The molecule has 3 aromatic rings. The van der Waals surface area contributed by atoms with Crippen LogP contribution >= 0.6 is 0 Å². The molecule has 0 bridgehead atoms. The zero-order valence-electron chi connectivity index (χ0n) is 14.2. The van der Waals surface area contributed by atoms with Crippen LogP contribution in [0, 0.1) is 17.5 Å². The maximum atomic E-state index is 13.6. The number of carbonyl (C=O) groups is 1. The number of nitrogens with zero attached hydrogens (tertiary/aromatic N) is 1. The molecule has 0 saturated heterocycles. The molecule has 4 nitrogen and oxygen atoms in total. The lowest BCUT2D eigenvalue weighted by atomic mass is 10.1. The van der Waals surface area contributed by atoms with Gasteiger partial charge < -0.3 is 10.6 Å². The Hall–Kier alpha value is -3.35. The molecule has 0 radical (unpaired) electrons. The standard InChI is InChI=1S/C20H16F3N3O/c21-15-7-8-16(19(23)18(15)22)26-20(27)14-6-9-17(25-12-14)24-11-10-13-4-2-1-3-5-13/h1-9,12H,10-11H2,(H,24,25)(H,26,27). The largest absolute Gasteiger partial charge is 0.370 e. The molecule has 0 saturated carbocycles. The monoisotopic (exact) mass is 371 g/mol. The second kappa shape index (κ2) is 8.35. The molecule has 0 aliphatic rings. The van der Waals surface area contributed by atoms with Crippen LogP contribution in [0.2, 0.25) is 0 Å². The number of amides is 1. The highest BCUT2D eigenvalue weighted by Crippen LogP contribution is 2.20. The van der Waals surface area contributed by atoms with Crippen LogP contribution in [-0.2, 0) is 6.42 Å². The summed E-state index contributed by atoms with van der Waals surface area (Å²) in [5.74, 6) is -4.50. The smallest absolute Gasteiger partial charge is 0.257 e. The summed E-state index contributed by atoms with van der Waals surface area (Å²) in [6.45, 7) is 0.669. The number of halogens is 3. The number of hydrogen-bond acceptors (Lipinski definition) is 3. The Kier molecular flexibility index (Phi) is 5.71. The molecule has 1 aromatic heterocycles. The molecule has 0 aliphatic carbocycles. The summed E-state index contributed by atoms with van der Waals surface area (Å²) < 4.78 is 39.8. The number of rotatable bonds is 6. The van der Waals surface area contributed by atoms with Crippen molar-refractivity contribution in [1.82, 2.24) is 4.98 Å². The van der Waals surface area contributed by atoms with Crippen LogP contribution in [0.5, 0.6) is 0 Å². The van der Waals surface area contributed by atoms with Crippen LogP contribution in [0.15, 0.2) is 60.8 Å². The summed E-state index contributed by atoms with van der Waals surface area (Å²) in [4.78, 5) is 16.2. The van der Waals surface area contributed by atoms with Crippen LogP contribution in [0.4, 0.5) is 24.7 Å². The van der Waals surface area contributed by atoms with E-state index in [4.69, 9.17) is 0 Å². The second-order valence-corrected chi connectivity index (χ2v) is 5.77. The fourth-order valence-corrected chi connectivity index (χ4v) is 2.43. The third-order valence-electron chi connectivity index (χ3n) is 3.87. The van der Waals surface area contributed by atoms with Gasteiger partial charge in [0.25, 0.3) is 5.91 Å². The fourth-order valence-electron chi connectivity index (χ4n) is 2.43. The van der Waals surface area contributed by atoms with Crippen molar-refractivity contribution in [2.24, 2.45) is 0 Å². The first kappa shape index (κ1) is 18.4. The normalized spacial score (nSPS) is 10.5. The van der Waals surface area contributed by atoms with E-state index in [-0.39, 0.29) is 5.56 Å². The van der Waals surface area contributed by atoms with Gasteiger partial charge in [0.2, 0.25) is 0 Å². The summed E-state index contributed by atoms with van der Waals surface area (Å²) in [7, 11) is 0. The Morgan fingerprint density at radius 3 is 2.41 bits per heavy atom. The average Bonchev–Trinajstić information content (AvgIpc) is 2.70. The maximum absolute atomic E-state index is 13.6. The van der Waals surface area contributed by atoms with Gasteiger partial charge in [-0.05, 0) is 36.2 Å². The number of aromatic nitrogens is 1. The lowest BCUT2D eigenvalue weighted by Crippen LogP contribution is -2.14. The number of nitrogens with one attached hydrogen (secondary N) is 2. The van der Waals surface area contributed by atoms with E-state index in [1.807, 2.05) is 30.3 Å². The first-order valence-electron chi connectivity index (χ1n) is 8.23. The number of benzene rings is 2. The van der Waals surface area contributed by atoms with Gasteiger partial charge in [-0.25, -0.2) is 18.2 Å². The van der Waals surface area contributed by atoms with E-state index in [0.717, 1.165) is 18.6 Å². The van der Waals surface area contributed by atoms with Crippen LogP contribution in [0.1, 0.15) is 15.9 Å². The molecular formula is C20H16F3N3O. The number of carbonyl (C=O) groups excluding carboxylic acids is 1. The molecule has 0 fully saturated rings. The molecule has 27 heavy (non-hydrogen) atoms. The summed E-state index contributed by atoms with van der Waals surface area (Å²) in [6, 6.07) is 14.8. The van der Waals surface area contributed by atoms with Crippen LogP contribution < -0.4 is 10.6 Å². The first-order valence-corrected chi connectivity index (χ1v) is 8.23. The highest BCUT2D eigenvalue weighted by Gasteiger charge is 2.16. The van der Waals surface area contributed by atoms with E-state index in [9.17, 15) is 18.0 Å². The zero-order chi connectivity index (χ0) is 19.2. The first-order chi connectivity index (χ1) is 13.0. The molecule has 3 rings (SSSR count). The van der Waals surface area contributed by atoms with Gasteiger partial charge in [0.15, 0.2) is 17.5 Å². The lowest BCUT2D eigenvalue weighted by molar-refractivity contribution is 0.102. The van der Waals surface area contributed by atoms with Crippen molar-refractivity contribution in [1.29, 1.82) is 0 Å². The molecule has 138 valence electrons. The van der Waals surface area contributed by atoms with Gasteiger partial charge in [-0.3, -0.25) is 4.79 Å². The SMILES string of the molecule is O=C(Nc1ccc(F)c(F)c1F)c1ccc(NCCc2ccccc2)nc1. The number of anilines is 2. The van der Waals surface area contributed by atoms with E-state index >= 15 is 0 Å². The van der Waals surface area contributed by atoms with Crippen molar-refractivity contribution < 1.29 is 18.0 Å². The molecule has 0 aliphatic heterocycles. The van der Waals surface area contributed by atoms with E-state index < -0.39 is 29.0 Å². The predicted octanol–water partition coefficient (Wildman–Crippen LogP) is 4.41. The van der Waals surface area contributed by atoms with E-state index in [1.165, 1.54) is 17.8 Å². The van der Waals surface area contributed by atoms with Gasteiger partial charge in [-0.2, -0.15) is 0 Å². The van der Waals surface area contributed by atoms with Crippen molar-refractivity contribution in [2.45, 2.75) is 6.42 Å². The van der Waals surface area contributed by atoms with Gasteiger partial charge >= 0.3 is 0 Å². The minimum atomic E-state index is -1.64. The lowest BCUT2D eigenvalue weighted by Gasteiger charge is -2.09. The predicted molar refractivity (Wildman–Crippen MR) is 97.1 cm³/mol. The molecule has 0 unspecified atom stereocenters. The van der Waals surface area contributed by atoms with Gasteiger partial charge in [-0.1, -0.05) is 30.3 Å². The highest BCUT2D eigenvalue weighted by atomic mass is 19.2. The van der Waals surface area contributed by atoms with Gasteiger partial charge in [0, 0.05) is 12.7 Å². The minimum Gasteiger partial charge on any atom is -0.370 e. The summed E-state index contributed by atoms with van der Waals surface area (Å²) in [5, 5.41) is 5.34. The molecule has 1 heterocycles. The van der Waals surface area contributed by atoms with Gasteiger partial charge in [0.1, 0.15) is 5.82 Å². The summed E-state index contributed by atoms with van der Waals surface area (Å²) in [5.41, 5.74) is 0.909. The minimum absolute atomic E-state index is 0.160. The third kappa shape index (κ3) is 4.63. The Balaban J connectivity index is 1.58. The van der Waals surface area contributed by atoms with Crippen LogP contribution in [0.3, 0.4) is 0 Å². The molecule has 0 spiro atoms. The molecule has 2 N–H and O–H groups in total. The van der Waals surface area contributed by atoms with Crippen molar-refractivity contribution in [3.05, 3.63) is 89.4 Å². The third-order valence-corrected chi connectivity index (χ3v) is 3.87. The van der Waals surface area contributed by atoms with Crippen LogP contribution in [0.25, 0.3) is 0 Å². The number of hydrogen-bond donors (Lipinski definition) is 2. The Labute approximate surface area is 154 Å². The van der Waals surface area contributed by atoms with Crippen molar-refractivity contribution >= 4 is 17.4 Å². The Morgan fingerprint density at radius 1 is 0.926 bits per heavy atom. The van der Waals surface area contributed by atoms with Crippen molar-refractivity contribution in [3.8, 4) is 0 Å². The average molecular weight is 371 g/mol. The van der Waals surface area contributed by atoms with E-state index in [2.05, 4.69) is 15.6 Å². The fraction of sp³-hybridized carbons (Fsp3) is 0.100. The Morgan fingerprint density at radius 2 is 1.70 bits per heavy atom. The zero-order valence-corrected chi connectivity index (χ0v) is 14.2. The topological polar surface area (TPSA) is 54.0 Å². The van der Waals surface area contributed by atoms with Crippen molar-refractivity contribution in [3.63, 3.8) is 0 Å². The second-order valence-electron chi connectivity index (χ2n) is 5.77. The molecular weight excluding hydrogens is 355 g/mol. The summed E-state index contributed by atoms with van der Waals surface area (Å²) in [6.07, 6.45) is 2.14. The molecule has 2 aromatic carbocycles. The molecule has 7 heteroatoms.